The van der Waals surface area contributed by atoms with Crippen LogP contribution in [0.4, 0.5) is 0 Å². The van der Waals surface area contributed by atoms with E-state index in [-0.39, 0.29) is 0 Å². The molecule has 1 rings (SSSR count). The Balaban J connectivity index is 0.000000226. The van der Waals surface area contributed by atoms with Crippen molar-refractivity contribution >= 4 is 10.6 Å². The van der Waals surface area contributed by atoms with Crippen LogP contribution in [0.5, 0.6) is 0 Å². The first-order valence-electron chi connectivity index (χ1n) is 4.18. The molecule has 0 aromatic heterocycles. The molecule has 0 bridgehead atoms. The zero-order valence-electron chi connectivity index (χ0n) is 8.40. The minimum Gasteiger partial charge on any atom is -0.300 e. The highest BCUT2D eigenvalue weighted by molar-refractivity contribution is 8.23. The molecule has 0 unspecified atom stereocenters. The summed E-state index contributed by atoms with van der Waals surface area (Å²) in [4.78, 5) is 0. The average molecular weight is 202 g/mol. The number of hydrogen-bond donors (Lipinski definition) is 2. The van der Waals surface area contributed by atoms with Gasteiger partial charge >= 0.3 is 0 Å². The van der Waals surface area contributed by atoms with Gasteiger partial charge in [0, 0.05) is 12.0 Å². The zero-order chi connectivity index (χ0) is 10.3. The van der Waals surface area contributed by atoms with Crippen molar-refractivity contribution in [3.63, 3.8) is 0 Å². The van der Waals surface area contributed by atoms with E-state index in [2.05, 4.69) is 19.1 Å². The Kier molecular flexibility index (Phi) is 5.79. The maximum Gasteiger partial charge on any atom is 0.0342 e. The van der Waals surface area contributed by atoms with Gasteiger partial charge in [-0.25, -0.2) is 10.6 Å². The summed E-state index contributed by atoms with van der Waals surface area (Å²) >= 11 is 0. The highest BCUT2D eigenvalue weighted by Crippen LogP contribution is 2.31. The molecule has 2 N–H and O–H groups in total. The zero-order valence-corrected chi connectivity index (χ0v) is 9.21. The van der Waals surface area contributed by atoms with Gasteiger partial charge in [0.25, 0.3) is 0 Å². The minimum absolute atomic E-state index is 0.465. The third kappa shape index (κ3) is 9.40. The molecule has 76 valence electrons. The largest absolute Gasteiger partial charge is 0.300 e. The summed E-state index contributed by atoms with van der Waals surface area (Å²) in [7, 11) is -2.16. The van der Waals surface area contributed by atoms with Gasteiger partial charge < -0.3 is 0 Å². The summed E-state index contributed by atoms with van der Waals surface area (Å²) in [6, 6.07) is 10.3. The quantitative estimate of drug-likeness (QED) is 0.733. The van der Waals surface area contributed by atoms with E-state index in [1.165, 1.54) is 11.8 Å². The van der Waals surface area contributed by atoms with Crippen LogP contribution in [0.1, 0.15) is 12.5 Å². The molecule has 0 saturated carbocycles. The summed E-state index contributed by atoms with van der Waals surface area (Å²) in [6.07, 6.45) is 1.44. The average Bonchev–Trinajstić information content (AvgIpc) is 2.06. The Morgan fingerprint density at radius 3 is 1.69 bits per heavy atom. The van der Waals surface area contributed by atoms with E-state index in [0.717, 1.165) is 0 Å². The van der Waals surface area contributed by atoms with Gasteiger partial charge in [-0.15, -0.1) is 0 Å². The lowest BCUT2D eigenvalue weighted by atomic mass is 10.2. The van der Waals surface area contributed by atoms with E-state index < -0.39 is 10.6 Å². The molecule has 0 radical (unpaired) electrons. The summed E-state index contributed by atoms with van der Waals surface area (Å²) in [5.41, 5.74) is 1.32. The fraction of sp³-hybridized carbons (Fsp3) is 0.400. The molecule has 2 nitrogen and oxygen atoms in total. The highest BCUT2D eigenvalue weighted by atomic mass is 32.3. The lowest BCUT2D eigenvalue weighted by molar-refractivity contribution is 0.497. The maximum atomic E-state index is 8.47. The molecular formula is C10H18O2S. The molecular weight excluding hydrogens is 184 g/mol. The molecule has 0 atom stereocenters. The maximum absolute atomic E-state index is 8.47. The van der Waals surface area contributed by atoms with Gasteiger partial charge in [0.15, 0.2) is 0 Å². The summed E-state index contributed by atoms with van der Waals surface area (Å²) in [5, 5.41) is 0. The summed E-state index contributed by atoms with van der Waals surface area (Å²) < 4.78 is 16.9. The van der Waals surface area contributed by atoms with E-state index in [1.54, 1.807) is 6.92 Å². The van der Waals surface area contributed by atoms with Crippen molar-refractivity contribution in [2.45, 2.75) is 13.8 Å². The van der Waals surface area contributed by atoms with Crippen molar-refractivity contribution in [3.05, 3.63) is 35.9 Å². The Hall–Kier alpha value is -0.510. The monoisotopic (exact) mass is 202 g/mol. The van der Waals surface area contributed by atoms with Gasteiger partial charge in [-0.2, -0.15) is 0 Å². The van der Waals surface area contributed by atoms with Gasteiger partial charge in [-0.05, 0) is 13.8 Å². The van der Waals surface area contributed by atoms with Gasteiger partial charge in [-0.1, -0.05) is 35.9 Å². The fourth-order valence-electron chi connectivity index (χ4n) is 0.534. The van der Waals surface area contributed by atoms with E-state index >= 15 is 0 Å². The minimum atomic E-state index is -2.16. The normalized spacial score (nSPS) is 11.5. The second-order valence-electron chi connectivity index (χ2n) is 2.94. The Labute approximate surface area is 82.0 Å². The first kappa shape index (κ1) is 12.5. The number of hydrogen-bond acceptors (Lipinski definition) is 2. The van der Waals surface area contributed by atoms with Gasteiger partial charge in [-0.3, -0.25) is 9.11 Å². The van der Waals surface area contributed by atoms with Crippen LogP contribution in [0, 0.1) is 6.92 Å². The number of benzene rings is 1. The van der Waals surface area contributed by atoms with Crippen molar-refractivity contribution < 1.29 is 9.11 Å². The van der Waals surface area contributed by atoms with E-state index in [1.807, 2.05) is 18.2 Å². The lowest BCUT2D eigenvalue weighted by Crippen LogP contribution is -1.94. The van der Waals surface area contributed by atoms with E-state index in [0.29, 0.717) is 5.75 Å². The van der Waals surface area contributed by atoms with Crippen LogP contribution in [0.2, 0.25) is 0 Å². The first-order chi connectivity index (χ1) is 5.95. The van der Waals surface area contributed by atoms with Crippen LogP contribution in [0.25, 0.3) is 0 Å². The Morgan fingerprint density at radius 2 is 1.54 bits per heavy atom. The van der Waals surface area contributed by atoms with Gasteiger partial charge in [0.05, 0.1) is 0 Å². The SMILES string of the molecule is CCS(C)(O)O.Cc1ccccc1. The second-order valence-corrected chi connectivity index (χ2v) is 5.50. The summed E-state index contributed by atoms with van der Waals surface area (Å²) in [5.74, 6) is 0.465. The van der Waals surface area contributed by atoms with Gasteiger partial charge in [0.1, 0.15) is 0 Å². The van der Waals surface area contributed by atoms with Crippen molar-refractivity contribution in [3.8, 4) is 0 Å². The first-order valence-corrected chi connectivity index (χ1v) is 6.30. The molecule has 1 aromatic rings. The van der Waals surface area contributed by atoms with E-state index in [9.17, 15) is 0 Å². The van der Waals surface area contributed by atoms with E-state index in [4.69, 9.17) is 9.11 Å². The van der Waals surface area contributed by atoms with Crippen LogP contribution >= 0.6 is 10.6 Å². The van der Waals surface area contributed by atoms with Crippen LogP contribution in [0.15, 0.2) is 30.3 Å². The molecule has 3 heteroatoms. The Morgan fingerprint density at radius 1 is 1.15 bits per heavy atom. The predicted octanol–water partition coefficient (Wildman–Crippen LogP) is 3.38. The topological polar surface area (TPSA) is 40.5 Å². The van der Waals surface area contributed by atoms with Crippen LogP contribution in [0.3, 0.4) is 0 Å². The standard InChI is InChI=1S/C7H8.C3H10O2S/c1-7-5-3-2-4-6-7;1-3-6(2,4)5/h2-6H,1H3;4-5H,3H2,1-2H3. The smallest absolute Gasteiger partial charge is 0.0342 e. The lowest BCUT2D eigenvalue weighted by Gasteiger charge is -2.23. The van der Waals surface area contributed by atoms with Crippen molar-refractivity contribution in [2.75, 3.05) is 12.0 Å². The predicted molar refractivity (Wildman–Crippen MR) is 60.5 cm³/mol. The molecule has 1 aromatic carbocycles. The van der Waals surface area contributed by atoms with Crippen molar-refractivity contribution in [1.82, 2.24) is 0 Å². The molecule has 0 aliphatic heterocycles. The number of aryl methyl sites for hydroxylation is 1. The molecule has 0 fully saturated rings. The third-order valence-corrected chi connectivity index (χ3v) is 2.58. The van der Waals surface area contributed by atoms with Crippen LogP contribution in [-0.4, -0.2) is 21.1 Å². The molecule has 0 aliphatic rings. The van der Waals surface area contributed by atoms with Crippen molar-refractivity contribution in [1.29, 1.82) is 0 Å². The molecule has 0 amide bonds. The molecule has 0 aliphatic carbocycles. The molecule has 0 spiro atoms. The Bertz CT molecular complexity index is 216. The molecule has 13 heavy (non-hydrogen) atoms. The second kappa shape index (κ2) is 6.02. The van der Waals surface area contributed by atoms with Gasteiger partial charge in [0.2, 0.25) is 0 Å². The third-order valence-electron chi connectivity index (χ3n) is 1.49. The van der Waals surface area contributed by atoms with Crippen molar-refractivity contribution in [2.24, 2.45) is 0 Å². The molecule has 0 heterocycles. The van der Waals surface area contributed by atoms with Crippen LogP contribution in [-0.2, 0) is 0 Å². The highest BCUT2D eigenvalue weighted by Gasteiger charge is 1.94. The summed E-state index contributed by atoms with van der Waals surface area (Å²) in [6.45, 7) is 3.83. The molecule has 0 saturated heterocycles. The fourth-order valence-corrected chi connectivity index (χ4v) is 0.534. The van der Waals surface area contributed by atoms with Crippen LogP contribution < -0.4 is 0 Å². The number of rotatable bonds is 1.